The van der Waals surface area contributed by atoms with E-state index in [4.69, 9.17) is 0 Å². The van der Waals surface area contributed by atoms with Crippen LogP contribution in [-0.4, -0.2) is 18.8 Å². The van der Waals surface area contributed by atoms with Crippen LogP contribution in [0.2, 0.25) is 0 Å². The second-order valence-electron chi connectivity index (χ2n) is 1.08. The lowest BCUT2D eigenvalue weighted by atomic mass is 10.7. The van der Waals surface area contributed by atoms with Gasteiger partial charge in [0.05, 0.1) is 4.91 Å². The highest BCUT2D eigenvalue weighted by Gasteiger charge is 1.86. The van der Waals surface area contributed by atoms with Gasteiger partial charge in [0, 0.05) is 0 Å². The lowest BCUT2D eigenvalue weighted by molar-refractivity contribution is -0.104. The van der Waals surface area contributed by atoms with Crippen molar-refractivity contribution >= 4 is 29.8 Å². The zero-order valence-corrected chi connectivity index (χ0v) is 6.51. The molecule has 0 aromatic rings. The van der Waals surface area contributed by atoms with Crippen LogP contribution >= 0.6 is 23.5 Å². The molecule has 3 heteroatoms. The molecule has 0 aromatic carbocycles. The first kappa shape index (κ1) is 8.11. The Kier molecular flexibility index (Phi) is 5.32. The highest BCUT2D eigenvalue weighted by Crippen LogP contribution is 2.11. The van der Waals surface area contributed by atoms with Crippen LogP contribution in [0.15, 0.2) is 10.3 Å². The molecule has 0 aromatic heterocycles. The first-order valence-corrected chi connectivity index (χ1v) is 4.58. The average molecular weight is 148 g/mol. The van der Waals surface area contributed by atoms with Gasteiger partial charge in [-0.05, 0) is 17.9 Å². The quantitative estimate of drug-likeness (QED) is 0.448. The van der Waals surface area contributed by atoms with Gasteiger partial charge in [0.15, 0.2) is 6.29 Å². The van der Waals surface area contributed by atoms with Crippen LogP contribution < -0.4 is 0 Å². The summed E-state index contributed by atoms with van der Waals surface area (Å²) in [5, 5.41) is 1.83. The summed E-state index contributed by atoms with van der Waals surface area (Å²) in [5.74, 6) is 0. The molecule has 0 amide bonds. The molecular formula is C5H8OS2. The minimum Gasteiger partial charge on any atom is -0.297 e. The molecule has 0 N–H and O–H groups in total. The minimum atomic E-state index is 0.789. The zero-order chi connectivity index (χ0) is 6.41. The third kappa shape index (κ3) is 3.16. The molecule has 8 heavy (non-hydrogen) atoms. The summed E-state index contributed by atoms with van der Waals surface area (Å²) in [4.78, 5) is 10.8. The number of allylic oxidation sites excluding steroid dienone is 1. The SMILES string of the molecule is CSC=C(C=O)SC. The highest BCUT2D eigenvalue weighted by atomic mass is 32.2. The maximum absolute atomic E-state index is 10.0. The van der Waals surface area contributed by atoms with E-state index in [1.165, 1.54) is 11.8 Å². The third-order valence-corrected chi connectivity index (χ3v) is 1.91. The fourth-order valence-corrected chi connectivity index (χ4v) is 1.30. The van der Waals surface area contributed by atoms with Gasteiger partial charge in [-0.1, -0.05) is 0 Å². The Morgan fingerprint density at radius 1 is 1.50 bits per heavy atom. The van der Waals surface area contributed by atoms with Crippen LogP contribution in [0.4, 0.5) is 0 Å². The number of hydrogen-bond donors (Lipinski definition) is 0. The molecule has 0 rings (SSSR count). The summed E-state index contributed by atoms with van der Waals surface area (Å²) in [6, 6.07) is 0. The predicted octanol–water partition coefficient (Wildman–Crippen LogP) is 1.75. The predicted molar refractivity (Wildman–Crippen MR) is 41.2 cm³/mol. The van der Waals surface area contributed by atoms with Gasteiger partial charge in [-0.2, -0.15) is 0 Å². The van der Waals surface area contributed by atoms with Crippen molar-refractivity contribution in [2.24, 2.45) is 0 Å². The van der Waals surface area contributed by atoms with Gasteiger partial charge < -0.3 is 0 Å². The number of aldehydes is 1. The van der Waals surface area contributed by atoms with Crippen molar-refractivity contribution in [2.75, 3.05) is 12.5 Å². The van der Waals surface area contributed by atoms with E-state index in [-0.39, 0.29) is 0 Å². The Labute approximate surface area is 57.9 Å². The van der Waals surface area contributed by atoms with Gasteiger partial charge in [-0.25, -0.2) is 0 Å². The number of carbonyl (C=O) groups excluding carboxylic acids is 1. The molecule has 0 fully saturated rings. The molecule has 0 aliphatic heterocycles. The van der Waals surface area contributed by atoms with Gasteiger partial charge in [0.2, 0.25) is 0 Å². The second-order valence-corrected chi connectivity index (χ2v) is 2.66. The monoisotopic (exact) mass is 148 g/mol. The molecule has 1 nitrogen and oxygen atoms in total. The lowest BCUT2D eigenvalue weighted by Gasteiger charge is -1.86. The van der Waals surface area contributed by atoms with Crippen molar-refractivity contribution in [2.45, 2.75) is 0 Å². The second kappa shape index (κ2) is 5.25. The van der Waals surface area contributed by atoms with Crippen molar-refractivity contribution in [1.29, 1.82) is 0 Å². The smallest absolute Gasteiger partial charge is 0.156 e. The van der Waals surface area contributed by atoms with Gasteiger partial charge in [0.1, 0.15) is 0 Å². The maximum atomic E-state index is 10.0. The van der Waals surface area contributed by atoms with E-state index in [0.29, 0.717) is 0 Å². The molecule has 0 aliphatic rings. The third-order valence-electron chi connectivity index (χ3n) is 0.586. The molecule has 0 bridgehead atoms. The lowest BCUT2D eigenvalue weighted by Crippen LogP contribution is -1.72. The Morgan fingerprint density at radius 3 is 2.25 bits per heavy atom. The van der Waals surface area contributed by atoms with Gasteiger partial charge in [-0.3, -0.25) is 4.79 Å². The van der Waals surface area contributed by atoms with Crippen molar-refractivity contribution in [3.63, 3.8) is 0 Å². The summed E-state index contributed by atoms with van der Waals surface area (Å²) < 4.78 is 0. The topological polar surface area (TPSA) is 17.1 Å². The fourth-order valence-electron chi connectivity index (χ4n) is 0.240. The first-order chi connectivity index (χ1) is 3.85. The fraction of sp³-hybridized carbons (Fsp3) is 0.400. The standard InChI is InChI=1S/C5H8OS2/c1-7-4-5(3-6)8-2/h3-4H,1-2H3. The van der Waals surface area contributed by atoms with E-state index in [1.54, 1.807) is 11.8 Å². The van der Waals surface area contributed by atoms with E-state index < -0.39 is 0 Å². The van der Waals surface area contributed by atoms with Crippen molar-refractivity contribution in [3.05, 3.63) is 10.3 Å². The molecule has 0 saturated heterocycles. The molecule has 0 saturated carbocycles. The average Bonchev–Trinajstić information content (AvgIpc) is 1.83. The van der Waals surface area contributed by atoms with Crippen LogP contribution in [0.3, 0.4) is 0 Å². The van der Waals surface area contributed by atoms with Gasteiger partial charge in [-0.15, -0.1) is 23.5 Å². The maximum Gasteiger partial charge on any atom is 0.156 e. The number of thioether (sulfide) groups is 2. The van der Waals surface area contributed by atoms with Crippen LogP contribution in [0, 0.1) is 0 Å². The summed E-state index contributed by atoms with van der Waals surface area (Å²) >= 11 is 3.01. The van der Waals surface area contributed by atoms with Crippen molar-refractivity contribution in [3.8, 4) is 0 Å². The van der Waals surface area contributed by atoms with E-state index >= 15 is 0 Å². The number of carbonyl (C=O) groups is 1. The van der Waals surface area contributed by atoms with Crippen molar-refractivity contribution in [1.82, 2.24) is 0 Å². The Morgan fingerprint density at radius 2 is 2.12 bits per heavy atom. The summed E-state index contributed by atoms with van der Waals surface area (Å²) in [6.07, 6.45) is 4.68. The minimum absolute atomic E-state index is 0.789. The summed E-state index contributed by atoms with van der Waals surface area (Å²) in [7, 11) is 0. The molecule has 0 spiro atoms. The van der Waals surface area contributed by atoms with Crippen LogP contribution in [-0.2, 0) is 4.79 Å². The number of hydrogen-bond acceptors (Lipinski definition) is 3. The largest absolute Gasteiger partial charge is 0.297 e. The van der Waals surface area contributed by atoms with Crippen LogP contribution in [0.5, 0.6) is 0 Å². The van der Waals surface area contributed by atoms with Crippen LogP contribution in [0.25, 0.3) is 0 Å². The molecule has 0 aliphatic carbocycles. The van der Waals surface area contributed by atoms with Gasteiger partial charge >= 0.3 is 0 Å². The van der Waals surface area contributed by atoms with E-state index in [2.05, 4.69) is 0 Å². The van der Waals surface area contributed by atoms with Crippen LogP contribution in [0.1, 0.15) is 0 Å². The van der Waals surface area contributed by atoms with E-state index in [0.717, 1.165) is 11.2 Å². The van der Waals surface area contributed by atoms with E-state index in [9.17, 15) is 4.79 Å². The first-order valence-electron chi connectivity index (χ1n) is 2.07. The Bertz CT molecular complexity index is 98.6. The molecule has 0 atom stereocenters. The molecule has 0 unspecified atom stereocenters. The number of rotatable bonds is 3. The highest BCUT2D eigenvalue weighted by molar-refractivity contribution is 8.06. The Balaban J connectivity index is 3.66. The molecular weight excluding hydrogens is 140 g/mol. The molecule has 0 radical (unpaired) electrons. The van der Waals surface area contributed by atoms with Gasteiger partial charge in [0.25, 0.3) is 0 Å². The van der Waals surface area contributed by atoms with Crippen molar-refractivity contribution < 1.29 is 4.79 Å². The molecule has 0 heterocycles. The zero-order valence-electron chi connectivity index (χ0n) is 4.88. The molecule has 46 valence electrons. The van der Waals surface area contributed by atoms with E-state index in [1.807, 2.05) is 17.9 Å². The normalized spacial score (nSPS) is 11.5. The summed E-state index contributed by atoms with van der Waals surface area (Å²) in [5.41, 5.74) is 0. The Hall–Kier alpha value is 0.110. The summed E-state index contributed by atoms with van der Waals surface area (Å²) in [6.45, 7) is 0.